The minimum atomic E-state index is -4.47. The van der Waals surface area contributed by atoms with E-state index in [1.54, 1.807) is 0 Å². The Morgan fingerprint density at radius 2 is 1.92 bits per heavy atom. The number of rotatable bonds is 7. The molecule has 1 amide bonds. The monoisotopic (exact) mass is 356 g/mol. The molecule has 1 N–H and O–H groups in total. The second kappa shape index (κ2) is 7.86. The van der Waals surface area contributed by atoms with Gasteiger partial charge in [-0.1, -0.05) is 20.8 Å². The zero-order valence-electron chi connectivity index (χ0n) is 14.7. The quantitative estimate of drug-likeness (QED) is 0.830. The van der Waals surface area contributed by atoms with Crippen molar-refractivity contribution in [2.45, 2.75) is 33.4 Å². The first-order valence-corrected chi connectivity index (χ1v) is 8.40. The molecule has 2 aromatic rings. The van der Waals surface area contributed by atoms with E-state index in [4.69, 9.17) is 0 Å². The fraction of sp³-hybridized carbons (Fsp3) is 0.529. The van der Waals surface area contributed by atoms with E-state index in [9.17, 15) is 18.0 Å². The molecule has 0 fully saturated rings. The Morgan fingerprint density at radius 3 is 2.48 bits per heavy atom. The molecule has 0 aliphatic carbocycles. The van der Waals surface area contributed by atoms with Crippen LogP contribution in [0, 0.1) is 0 Å². The molecule has 0 aliphatic heterocycles. The average molecular weight is 356 g/mol. The molecular weight excluding hydrogens is 333 g/mol. The van der Waals surface area contributed by atoms with Gasteiger partial charge in [-0.2, -0.15) is 13.2 Å². The van der Waals surface area contributed by atoms with Gasteiger partial charge in [-0.25, -0.2) is 4.98 Å². The van der Waals surface area contributed by atoms with E-state index in [1.807, 2.05) is 20.8 Å². The molecule has 0 aliphatic rings. The van der Waals surface area contributed by atoms with Gasteiger partial charge in [0, 0.05) is 19.3 Å². The molecule has 8 heteroatoms. The molecule has 0 radical (unpaired) electrons. The summed E-state index contributed by atoms with van der Waals surface area (Å²) in [7, 11) is 0. The summed E-state index contributed by atoms with van der Waals surface area (Å²) >= 11 is 0. The summed E-state index contributed by atoms with van der Waals surface area (Å²) in [6, 6.07) is 2.26. The lowest BCUT2D eigenvalue weighted by Gasteiger charge is -2.18. The molecule has 5 nitrogen and oxygen atoms in total. The number of hydrogen-bond acceptors (Lipinski definition) is 3. The van der Waals surface area contributed by atoms with E-state index < -0.39 is 17.6 Å². The first-order valence-electron chi connectivity index (χ1n) is 8.40. The predicted molar refractivity (Wildman–Crippen MR) is 89.7 cm³/mol. The number of aromatic nitrogens is 2. The highest BCUT2D eigenvalue weighted by molar-refractivity contribution is 5.94. The summed E-state index contributed by atoms with van der Waals surface area (Å²) in [5, 5.41) is 2.79. The van der Waals surface area contributed by atoms with Crippen molar-refractivity contribution in [2.75, 3.05) is 26.2 Å². The molecule has 0 atom stereocenters. The van der Waals surface area contributed by atoms with Crippen LogP contribution in [0.2, 0.25) is 0 Å². The van der Waals surface area contributed by atoms with Crippen molar-refractivity contribution >= 4 is 11.6 Å². The molecule has 2 aromatic heterocycles. The maximum Gasteiger partial charge on any atom is 0.417 e. The number of alkyl halides is 3. The number of amides is 1. The van der Waals surface area contributed by atoms with Crippen molar-refractivity contribution in [3.05, 3.63) is 35.3 Å². The third kappa shape index (κ3) is 4.31. The van der Waals surface area contributed by atoms with E-state index in [0.717, 1.165) is 25.4 Å². The number of likely N-dealkylation sites (N-methyl/N-ethyl adjacent to an activating group) is 1. The molecule has 0 bridgehead atoms. The summed E-state index contributed by atoms with van der Waals surface area (Å²) < 4.78 is 40.1. The van der Waals surface area contributed by atoms with Crippen molar-refractivity contribution < 1.29 is 18.0 Å². The van der Waals surface area contributed by atoms with E-state index >= 15 is 0 Å². The fourth-order valence-corrected chi connectivity index (χ4v) is 2.70. The lowest BCUT2D eigenvalue weighted by molar-refractivity contribution is -0.137. The summed E-state index contributed by atoms with van der Waals surface area (Å²) in [6.45, 7) is 8.74. The minimum absolute atomic E-state index is 0.170. The lowest BCUT2D eigenvalue weighted by Crippen LogP contribution is -2.35. The third-order valence-corrected chi connectivity index (χ3v) is 4.18. The number of hydrogen-bond donors (Lipinski definition) is 1. The van der Waals surface area contributed by atoms with Crippen LogP contribution in [0.1, 0.15) is 42.5 Å². The number of aryl methyl sites for hydroxylation is 1. The highest BCUT2D eigenvalue weighted by Gasteiger charge is 2.31. The number of nitrogens with zero attached hydrogens (tertiary/aromatic N) is 3. The van der Waals surface area contributed by atoms with Crippen molar-refractivity contribution in [2.24, 2.45) is 0 Å². The summed E-state index contributed by atoms with van der Waals surface area (Å²) in [5.41, 5.74) is 0.179. The number of carbonyl (C=O) groups excluding carboxylic acids is 1. The number of nitrogens with one attached hydrogen (secondary N) is 1. The Kier molecular flexibility index (Phi) is 6.05. The molecule has 138 valence electrons. The second-order valence-corrected chi connectivity index (χ2v) is 5.69. The van der Waals surface area contributed by atoms with E-state index in [0.29, 0.717) is 30.9 Å². The van der Waals surface area contributed by atoms with Crippen LogP contribution in [-0.2, 0) is 12.6 Å². The second-order valence-electron chi connectivity index (χ2n) is 5.69. The predicted octanol–water partition coefficient (Wildman–Crippen LogP) is 2.99. The summed E-state index contributed by atoms with van der Waals surface area (Å²) in [5.74, 6) is -0.407. The van der Waals surface area contributed by atoms with Gasteiger partial charge in [-0.05, 0) is 31.6 Å². The Balaban J connectivity index is 2.29. The Bertz CT molecular complexity index is 735. The number of imidazole rings is 1. The number of carbonyl (C=O) groups is 1. The molecule has 0 spiro atoms. The Morgan fingerprint density at radius 1 is 1.24 bits per heavy atom. The van der Waals surface area contributed by atoms with Crippen LogP contribution in [0.25, 0.3) is 5.65 Å². The van der Waals surface area contributed by atoms with E-state index in [2.05, 4.69) is 15.2 Å². The summed E-state index contributed by atoms with van der Waals surface area (Å²) in [4.78, 5) is 19.0. The van der Waals surface area contributed by atoms with Crippen LogP contribution in [0.4, 0.5) is 13.2 Å². The first-order chi connectivity index (χ1) is 11.8. The number of pyridine rings is 1. The van der Waals surface area contributed by atoms with Gasteiger partial charge in [-0.3, -0.25) is 9.20 Å². The zero-order valence-corrected chi connectivity index (χ0v) is 14.7. The highest BCUT2D eigenvalue weighted by atomic mass is 19.4. The molecule has 0 saturated heterocycles. The van der Waals surface area contributed by atoms with Crippen LogP contribution >= 0.6 is 0 Å². The first kappa shape index (κ1) is 19.2. The molecule has 2 rings (SSSR count). The van der Waals surface area contributed by atoms with Crippen molar-refractivity contribution in [3.63, 3.8) is 0 Å². The van der Waals surface area contributed by atoms with Crippen molar-refractivity contribution in [1.82, 2.24) is 19.6 Å². The molecule has 2 heterocycles. The molecule has 0 aromatic carbocycles. The van der Waals surface area contributed by atoms with Gasteiger partial charge in [0.15, 0.2) is 0 Å². The molecule has 0 saturated carbocycles. The van der Waals surface area contributed by atoms with Gasteiger partial charge < -0.3 is 10.2 Å². The highest BCUT2D eigenvalue weighted by Crippen LogP contribution is 2.29. The summed E-state index contributed by atoms with van der Waals surface area (Å²) in [6.07, 6.45) is -3.08. The van der Waals surface area contributed by atoms with Gasteiger partial charge in [0.1, 0.15) is 11.3 Å². The molecule has 0 unspecified atom stereocenters. The Labute approximate surface area is 144 Å². The average Bonchev–Trinajstić information content (AvgIpc) is 2.95. The fourth-order valence-electron chi connectivity index (χ4n) is 2.70. The zero-order chi connectivity index (χ0) is 18.6. The number of halogens is 3. The number of fused-ring (bicyclic) bond motifs is 1. The Hall–Kier alpha value is -2.09. The standard InChI is InChI=1S/C17H23F3N4O/c1-4-13-15(16(25)21-9-10-23(5-2)6-3)24-11-12(17(18,19)20)7-8-14(24)22-13/h7-8,11H,4-6,9-10H2,1-3H3,(H,21,25). The lowest BCUT2D eigenvalue weighted by atomic mass is 10.2. The van der Waals surface area contributed by atoms with Gasteiger partial charge in [0.05, 0.1) is 11.3 Å². The van der Waals surface area contributed by atoms with Crippen molar-refractivity contribution in [1.29, 1.82) is 0 Å². The largest absolute Gasteiger partial charge is 0.417 e. The van der Waals surface area contributed by atoms with Crippen LogP contribution in [0.15, 0.2) is 18.3 Å². The SMILES string of the molecule is CCc1nc2ccc(C(F)(F)F)cn2c1C(=O)NCCN(CC)CC. The smallest absolute Gasteiger partial charge is 0.349 e. The molecule has 25 heavy (non-hydrogen) atoms. The van der Waals surface area contributed by atoms with Crippen molar-refractivity contribution in [3.8, 4) is 0 Å². The molecular formula is C17H23F3N4O. The normalized spacial score (nSPS) is 12.1. The van der Waals surface area contributed by atoms with Crippen LogP contribution in [-0.4, -0.2) is 46.4 Å². The maximum absolute atomic E-state index is 13.0. The van der Waals surface area contributed by atoms with Crippen LogP contribution < -0.4 is 5.32 Å². The van der Waals surface area contributed by atoms with Gasteiger partial charge in [0.2, 0.25) is 0 Å². The topological polar surface area (TPSA) is 49.6 Å². The minimum Gasteiger partial charge on any atom is -0.349 e. The van der Waals surface area contributed by atoms with E-state index in [1.165, 1.54) is 10.5 Å². The van der Waals surface area contributed by atoms with Gasteiger partial charge >= 0.3 is 6.18 Å². The third-order valence-electron chi connectivity index (χ3n) is 4.18. The van der Waals surface area contributed by atoms with Crippen LogP contribution in [0.3, 0.4) is 0 Å². The van der Waals surface area contributed by atoms with Gasteiger partial charge in [-0.15, -0.1) is 0 Å². The van der Waals surface area contributed by atoms with Gasteiger partial charge in [0.25, 0.3) is 5.91 Å². The maximum atomic E-state index is 13.0. The van der Waals surface area contributed by atoms with E-state index in [-0.39, 0.29) is 5.69 Å². The van der Waals surface area contributed by atoms with Crippen LogP contribution in [0.5, 0.6) is 0 Å².